The Balaban J connectivity index is 2.79. The molecule has 2 N–H and O–H groups in total. The third-order valence-corrected chi connectivity index (χ3v) is 2.39. The molecule has 1 aromatic heterocycles. The van der Waals surface area contributed by atoms with E-state index in [4.69, 9.17) is 10.2 Å². The minimum atomic E-state index is 0.0452. The highest BCUT2D eigenvalue weighted by molar-refractivity contribution is 5.38. The van der Waals surface area contributed by atoms with Crippen LogP contribution in [0.5, 0.6) is 0 Å². The number of aliphatic hydroxyl groups excluding tert-OH is 2. The van der Waals surface area contributed by atoms with Gasteiger partial charge in [0.2, 0.25) is 0 Å². The maximum Gasteiger partial charge on any atom is 0.132 e. The van der Waals surface area contributed by atoms with Gasteiger partial charge in [0, 0.05) is 24.8 Å². The van der Waals surface area contributed by atoms with Crippen LogP contribution in [0.25, 0.3) is 0 Å². The minimum absolute atomic E-state index is 0.0452. The molecule has 0 aliphatic heterocycles. The SMILES string of the molecule is CC(C)Cc1cc(N(CCO)CCO)ncn1. The van der Waals surface area contributed by atoms with Crippen LogP contribution in [-0.2, 0) is 6.42 Å². The number of hydrogen-bond donors (Lipinski definition) is 2. The van der Waals surface area contributed by atoms with Gasteiger partial charge in [-0.1, -0.05) is 13.8 Å². The van der Waals surface area contributed by atoms with Crippen molar-refractivity contribution in [3.63, 3.8) is 0 Å². The smallest absolute Gasteiger partial charge is 0.132 e. The van der Waals surface area contributed by atoms with E-state index in [0.717, 1.165) is 17.9 Å². The second kappa shape index (κ2) is 7.19. The van der Waals surface area contributed by atoms with Gasteiger partial charge in [-0.15, -0.1) is 0 Å². The predicted molar refractivity (Wildman–Crippen MR) is 67.0 cm³/mol. The molecule has 0 aliphatic carbocycles. The summed E-state index contributed by atoms with van der Waals surface area (Å²) in [6, 6.07) is 1.92. The van der Waals surface area contributed by atoms with Crippen LogP contribution in [0.1, 0.15) is 19.5 Å². The van der Waals surface area contributed by atoms with Gasteiger partial charge in [-0.05, 0) is 12.3 Å². The van der Waals surface area contributed by atoms with E-state index in [1.54, 1.807) is 0 Å². The number of rotatable bonds is 7. The molecule has 1 rings (SSSR count). The van der Waals surface area contributed by atoms with Crippen LogP contribution in [0, 0.1) is 5.92 Å². The average Bonchev–Trinajstić information content (AvgIpc) is 2.28. The van der Waals surface area contributed by atoms with E-state index < -0.39 is 0 Å². The van der Waals surface area contributed by atoms with Gasteiger partial charge in [0.15, 0.2) is 0 Å². The first kappa shape index (κ1) is 13.9. The summed E-state index contributed by atoms with van der Waals surface area (Å²) in [5.41, 5.74) is 0.992. The van der Waals surface area contributed by atoms with E-state index in [9.17, 15) is 0 Å². The molecule has 0 bridgehead atoms. The molecule has 5 nitrogen and oxygen atoms in total. The van der Waals surface area contributed by atoms with E-state index in [2.05, 4.69) is 23.8 Å². The Hall–Kier alpha value is -1.20. The van der Waals surface area contributed by atoms with E-state index >= 15 is 0 Å². The van der Waals surface area contributed by atoms with E-state index in [1.807, 2.05) is 11.0 Å². The van der Waals surface area contributed by atoms with Crippen LogP contribution in [-0.4, -0.2) is 46.5 Å². The summed E-state index contributed by atoms with van der Waals surface area (Å²) in [6.07, 6.45) is 2.44. The van der Waals surface area contributed by atoms with Gasteiger partial charge in [0.25, 0.3) is 0 Å². The highest BCUT2D eigenvalue weighted by Gasteiger charge is 2.08. The fourth-order valence-electron chi connectivity index (χ4n) is 1.67. The maximum atomic E-state index is 8.97. The molecule has 17 heavy (non-hydrogen) atoms. The number of nitrogens with zero attached hydrogens (tertiary/aromatic N) is 3. The first-order chi connectivity index (χ1) is 8.17. The highest BCUT2D eigenvalue weighted by atomic mass is 16.3. The van der Waals surface area contributed by atoms with Crippen molar-refractivity contribution < 1.29 is 10.2 Å². The Bertz CT molecular complexity index is 325. The molecule has 96 valence electrons. The number of hydrogen-bond acceptors (Lipinski definition) is 5. The lowest BCUT2D eigenvalue weighted by molar-refractivity contribution is 0.280. The summed E-state index contributed by atoms with van der Waals surface area (Å²) in [6.45, 7) is 5.31. The lowest BCUT2D eigenvalue weighted by Crippen LogP contribution is -2.30. The van der Waals surface area contributed by atoms with Crippen molar-refractivity contribution in [2.24, 2.45) is 5.92 Å². The van der Waals surface area contributed by atoms with Gasteiger partial charge in [-0.2, -0.15) is 0 Å². The molecule has 5 heteroatoms. The number of anilines is 1. The fourth-order valence-corrected chi connectivity index (χ4v) is 1.67. The molecule has 0 saturated heterocycles. The van der Waals surface area contributed by atoms with Crippen LogP contribution in [0.4, 0.5) is 5.82 Å². The van der Waals surface area contributed by atoms with Crippen LogP contribution in [0.15, 0.2) is 12.4 Å². The molecule has 1 heterocycles. The summed E-state index contributed by atoms with van der Waals surface area (Å²) in [4.78, 5) is 10.2. The van der Waals surface area contributed by atoms with Gasteiger partial charge < -0.3 is 15.1 Å². The third-order valence-electron chi connectivity index (χ3n) is 2.39. The summed E-state index contributed by atoms with van der Waals surface area (Å²) >= 11 is 0. The van der Waals surface area contributed by atoms with Crippen LogP contribution in [0.2, 0.25) is 0 Å². The van der Waals surface area contributed by atoms with E-state index in [0.29, 0.717) is 19.0 Å². The standard InChI is InChI=1S/C12H21N3O2/c1-10(2)7-11-8-12(14-9-13-11)15(3-5-16)4-6-17/h8-10,16-17H,3-7H2,1-2H3. The van der Waals surface area contributed by atoms with Crippen molar-refractivity contribution >= 4 is 5.82 Å². The zero-order chi connectivity index (χ0) is 12.7. The normalized spacial score (nSPS) is 10.9. The molecule has 0 aromatic carbocycles. The Kier molecular flexibility index (Phi) is 5.86. The summed E-state index contributed by atoms with van der Waals surface area (Å²) < 4.78 is 0. The van der Waals surface area contributed by atoms with Crippen molar-refractivity contribution in [3.05, 3.63) is 18.1 Å². The zero-order valence-electron chi connectivity index (χ0n) is 10.5. The predicted octanol–water partition coefficient (Wildman–Crippen LogP) is 0.466. The highest BCUT2D eigenvalue weighted by Crippen LogP contribution is 2.13. The largest absolute Gasteiger partial charge is 0.395 e. The molecule has 0 unspecified atom stereocenters. The molecule has 0 amide bonds. The van der Waals surface area contributed by atoms with Gasteiger partial charge in [0.05, 0.1) is 13.2 Å². The molecule has 0 fully saturated rings. The molecule has 0 saturated carbocycles. The number of aliphatic hydroxyl groups is 2. The van der Waals surface area contributed by atoms with Gasteiger partial charge in [-0.3, -0.25) is 0 Å². The van der Waals surface area contributed by atoms with Crippen molar-refractivity contribution in [2.75, 3.05) is 31.2 Å². The molecule has 0 spiro atoms. The molecule has 1 aromatic rings. The van der Waals surface area contributed by atoms with Crippen molar-refractivity contribution in [1.29, 1.82) is 0 Å². The second-order valence-electron chi connectivity index (χ2n) is 4.40. The van der Waals surface area contributed by atoms with Crippen LogP contribution < -0.4 is 4.90 Å². The topological polar surface area (TPSA) is 69.5 Å². The Morgan fingerprint density at radius 2 is 1.82 bits per heavy atom. The van der Waals surface area contributed by atoms with Crippen LogP contribution in [0.3, 0.4) is 0 Å². The van der Waals surface area contributed by atoms with Gasteiger partial charge in [-0.25, -0.2) is 9.97 Å². The van der Waals surface area contributed by atoms with Gasteiger partial charge in [0.1, 0.15) is 12.1 Å². The Morgan fingerprint density at radius 3 is 2.35 bits per heavy atom. The van der Waals surface area contributed by atoms with Crippen LogP contribution >= 0.6 is 0 Å². The summed E-state index contributed by atoms with van der Waals surface area (Å²) in [5.74, 6) is 1.31. The molecule has 0 radical (unpaired) electrons. The minimum Gasteiger partial charge on any atom is -0.395 e. The molecule has 0 aliphatic rings. The summed E-state index contributed by atoms with van der Waals surface area (Å²) in [7, 11) is 0. The third kappa shape index (κ3) is 4.66. The van der Waals surface area contributed by atoms with E-state index in [-0.39, 0.29) is 13.2 Å². The first-order valence-electron chi connectivity index (χ1n) is 5.95. The van der Waals surface area contributed by atoms with Crippen molar-refractivity contribution in [1.82, 2.24) is 9.97 Å². The lowest BCUT2D eigenvalue weighted by Gasteiger charge is -2.21. The molecular weight excluding hydrogens is 218 g/mol. The quantitative estimate of drug-likeness (QED) is 0.723. The zero-order valence-corrected chi connectivity index (χ0v) is 10.5. The van der Waals surface area contributed by atoms with Crippen molar-refractivity contribution in [3.8, 4) is 0 Å². The van der Waals surface area contributed by atoms with E-state index in [1.165, 1.54) is 6.33 Å². The fraction of sp³-hybridized carbons (Fsp3) is 0.667. The Labute approximate surface area is 102 Å². The molecular formula is C12H21N3O2. The lowest BCUT2D eigenvalue weighted by atomic mass is 10.1. The maximum absolute atomic E-state index is 8.97. The monoisotopic (exact) mass is 239 g/mol. The number of aromatic nitrogens is 2. The Morgan fingerprint density at radius 1 is 1.18 bits per heavy atom. The summed E-state index contributed by atoms with van der Waals surface area (Å²) in [5, 5.41) is 17.9. The van der Waals surface area contributed by atoms with Crippen molar-refractivity contribution in [2.45, 2.75) is 20.3 Å². The second-order valence-corrected chi connectivity index (χ2v) is 4.40. The average molecular weight is 239 g/mol. The van der Waals surface area contributed by atoms with Gasteiger partial charge >= 0.3 is 0 Å². The molecule has 0 atom stereocenters. The first-order valence-corrected chi connectivity index (χ1v) is 5.95.